The van der Waals surface area contributed by atoms with Gasteiger partial charge >= 0.3 is 0 Å². The Morgan fingerprint density at radius 2 is 2.06 bits per heavy atom. The third kappa shape index (κ3) is 3.09. The molecule has 1 aromatic rings. The van der Waals surface area contributed by atoms with Crippen LogP contribution in [0.25, 0.3) is 0 Å². The van der Waals surface area contributed by atoms with Crippen LogP contribution in [0.5, 0.6) is 5.75 Å². The normalized spacial score (nSPS) is 22.9. The lowest BCUT2D eigenvalue weighted by molar-refractivity contribution is 0.0625. The van der Waals surface area contributed by atoms with E-state index in [0.29, 0.717) is 11.5 Å². The van der Waals surface area contributed by atoms with E-state index in [1.54, 1.807) is 12.1 Å². The second kappa shape index (κ2) is 5.50. The number of phenols is 1. The minimum Gasteiger partial charge on any atom is -0.508 e. The van der Waals surface area contributed by atoms with Gasteiger partial charge in [0.2, 0.25) is 0 Å². The van der Waals surface area contributed by atoms with E-state index in [-0.39, 0.29) is 0 Å². The van der Waals surface area contributed by atoms with Crippen LogP contribution in [0.15, 0.2) is 24.3 Å². The van der Waals surface area contributed by atoms with Gasteiger partial charge < -0.3 is 9.84 Å². The molecule has 2 nitrogen and oxygen atoms in total. The van der Waals surface area contributed by atoms with Gasteiger partial charge in [-0.2, -0.15) is 0 Å². The van der Waals surface area contributed by atoms with Gasteiger partial charge in [0.15, 0.2) is 0 Å². The molecule has 0 radical (unpaired) electrons. The highest BCUT2D eigenvalue weighted by Crippen LogP contribution is 2.18. The average Bonchev–Trinajstić information content (AvgIpc) is 2.33. The van der Waals surface area contributed by atoms with Gasteiger partial charge in [-0.3, -0.25) is 0 Å². The average molecular weight is 236 g/mol. The van der Waals surface area contributed by atoms with Gasteiger partial charge in [0.1, 0.15) is 5.75 Å². The first-order valence-electron chi connectivity index (χ1n) is 6.15. The highest BCUT2D eigenvalue weighted by Gasteiger charge is 2.21. The van der Waals surface area contributed by atoms with E-state index >= 15 is 0 Å². The smallest absolute Gasteiger partial charge is 0.115 e. The Morgan fingerprint density at radius 1 is 1.31 bits per heavy atom. The summed E-state index contributed by atoms with van der Waals surface area (Å²) < 4.78 is 5.85. The molecule has 3 heteroatoms. The van der Waals surface area contributed by atoms with Gasteiger partial charge in [0.25, 0.3) is 0 Å². The Kier molecular flexibility index (Phi) is 4.02. The molecular formula is C13H20O2Si. The minimum atomic E-state index is -0.830. The second-order valence-electron chi connectivity index (χ2n) is 4.75. The first kappa shape index (κ1) is 11.7. The summed E-state index contributed by atoms with van der Waals surface area (Å²) in [6.45, 7) is 3.35. The minimum absolute atomic E-state index is 0.354. The molecule has 2 atom stereocenters. The third-order valence-electron chi connectivity index (χ3n) is 3.34. The van der Waals surface area contributed by atoms with Gasteiger partial charge in [-0.25, -0.2) is 0 Å². The van der Waals surface area contributed by atoms with E-state index in [2.05, 4.69) is 6.55 Å². The number of phenolic OH excluding ortho intramolecular Hbond substituents is 1. The van der Waals surface area contributed by atoms with Crippen molar-refractivity contribution in [3.05, 3.63) is 29.8 Å². The van der Waals surface area contributed by atoms with Crippen LogP contribution in [0.4, 0.5) is 0 Å². The van der Waals surface area contributed by atoms with E-state index < -0.39 is 8.80 Å². The first-order valence-corrected chi connectivity index (χ1v) is 8.79. The standard InChI is InChI=1S/C13H20O2Si/c1-16(13-4-2-3-9-15-13)10-11-5-7-12(14)8-6-11/h5-8,13-14,16H,2-4,9-10H2,1H3. The molecule has 2 rings (SSSR count). The Bertz CT molecular complexity index is 317. The topological polar surface area (TPSA) is 29.5 Å². The van der Waals surface area contributed by atoms with Gasteiger partial charge in [-0.1, -0.05) is 24.2 Å². The van der Waals surface area contributed by atoms with Crippen LogP contribution in [0, 0.1) is 0 Å². The van der Waals surface area contributed by atoms with E-state index in [1.807, 2.05) is 12.1 Å². The molecule has 1 heterocycles. The molecular weight excluding hydrogens is 216 g/mol. The van der Waals surface area contributed by atoms with E-state index in [9.17, 15) is 5.11 Å². The van der Waals surface area contributed by atoms with Crippen LogP contribution in [0.3, 0.4) is 0 Å². The lowest BCUT2D eigenvalue weighted by atomic mass is 10.2. The largest absolute Gasteiger partial charge is 0.508 e. The molecule has 0 spiro atoms. The van der Waals surface area contributed by atoms with Crippen molar-refractivity contribution in [3.8, 4) is 5.75 Å². The van der Waals surface area contributed by atoms with Crippen molar-refractivity contribution in [1.82, 2.24) is 0 Å². The van der Waals surface area contributed by atoms with Crippen molar-refractivity contribution in [3.63, 3.8) is 0 Å². The Hall–Kier alpha value is -0.803. The maximum atomic E-state index is 9.23. The highest BCUT2D eigenvalue weighted by molar-refractivity contribution is 6.58. The van der Waals surface area contributed by atoms with Crippen molar-refractivity contribution in [2.45, 2.75) is 37.6 Å². The summed E-state index contributed by atoms with van der Waals surface area (Å²) in [6.07, 6.45) is 3.82. The molecule has 1 aromatic carbocycles. The molecule has 88 valence electrons. The quantitative estimate of drug-likeness (QED) is 0.817. The predicted molar refractivity (Wildman–Crippen MR) is 68.4 cm³/mol. The fourth-order valence-electron chi connectivity index (χ4n) is 2.35. The number of ether oxygens (including phenoxy) is 1. The molecule has 0 saturated carbocycles. The zero-order chi connectivity index (χ0) is 11.4. The second-order valence-corrected chi connectivity index (χ2v) is 7.86. The lowest BCUT2D eigenvalue weighted by Crippen LogP contribution is -2.35. The van der Waals surface area contributed by atoms with Crippen LogP contribution in [-0.2, 0) is 10.8 Å². The molecule has 1 saturated heterocycles. The molecule has 1 aliphatic heterocycles. The van der Waals surface area contributed by atoms with Crippen molar-refractivity contribution in [2.75, 3.05) is 6.61 Å². The van der Waals surface area contributed by atoms with Crippen molar-refractivity contribution < 1.29 is 9.84 Å². The van der Waals surface area contributed by atoms with E-state index in [0.717, 1.165) is 6.61 Å². The number of hydrogen-bond acceptors (Lipinski definition) is 2. The van der Waals surface area contributed by atoms with Gasteiger partial charge in [0.05, 0.1) is 8.80 Å². The number of hydrogen-bond donors (Lipinski definition) is 1. The number of benzene rings is 1. The summed E-state index contributed by atoms with van der Waals surface area (Å²) in [7, 11) is -0.830. The van der Waals surface area contributed by atoms with Crippen molar-refractivity contribution in [1.29, 1.82) is 0 Å². The van der Waals surface area contributed by atoms with Crippen LogP contribution in [-0.4, -0.2) is 26.2 Å². The van der Waals surface area contributed by atoms with Gasteiger partial charge in [0, 0.05) is 12.3 Å². The van der Waals surface area contributed by atoms with E-state index in [4.69, 9.17) is 4.74 Å². The zero-order valence-electron chi connectivity index (χ0n) is 9.86. The highest BCUT2D eigenvalue weighted by atomic mass is 28.3. The fraction of sp³-hybridized carbons (Fsp3) is 0.538. The predicted octanol–water partition coefficient (Wildman–Crippen LogP) is 2.44. The summed E-state index contributed by atoms with van der Waals surface area (Å²) in [5.41, 5.74) is 1.90. The van der Waals surface area contributed by atoms with Crippen LogP contribution in [0.2, 0.25) is 6.55 Å². The van der Waals surface area contributed by atoms with Crippen molar-refractivity contribution in [2.24, 2.45) is 0 Å². The van der Waals surface area contributed by atoms with Crippen LogP contribution in [0.1, 0.15) is 24.8 Å². The molecule has 1 aliphatic rings. The molecule has 16 heavy (non-hydrogen) atoms. The maximum Gasteiger partial charge on any atom is 0.115 e. The van der Waals surface area contributed by atoms with E-state index in [1.165, 1.54) is 30.9 Å². The first-order chi connectivity index (χ1) is 7.75. The van der Waals surface area contributed by atoms with Crippen LogP contribution < -0.4 is 0 Å². The molecule has 0 amide bonds. The van der Waals surface area contributed by atoms with Crippen molar-refractivity contribution >= 4 is 8.80 Å². The maximum absolute atomic E-state index is 9.23. The summed E-state index contributed by atoms with van der Waals surface area (Å²) in [6, 6.07) is 8.78. The molecule has 1 N–H and O–H groups in total. The lowest BCUT2D eigenvalue weighted by Gasteiger charge is -2.27. The molecule has 0 aromatic heterocycles. The SMILES string of the molecule is C[SiH](Cc1ccc(O)cc1)C1CCCCO1. The van der Waals surface area contributed by atoms with Gasteiger partial charge in [-0.05, 0) is 37.4 Å². The summed E-state index contributed by atoms with van der Waals surface area (Å²) in [5, 5.41) is 9.23. The number of rotatable bonds is 3. The summed E-state index contributed by atoms with van der Waals surface area (Å²) in [4.78, 5) is 0. The Morgan fingerprint density at radius 3 is 2.69 bits per heavy atom. The molecule has 1 fully saturated rings. The third-order valence-corrected chi connectivity index (χ3v) is 6.25. The number of aromatic hydroxyl groups is 1. The fourth-order valence-corrected chi connectivity index (χ4v) is 4.90. The Balaban J connectivity index is 1.90. The molecule has 0 bridgehead atoms. The zero-order valence-corrected chi connectivity index (χ0v) is 11.0. The van der Waals surface area contributed by atoms with Gasteiger partial charge in [-0.15, -0.1) is 0 Å². The Labute approximate surface area is 98.9 Å². The molecule has 0 aliphatic carbocycles. The summed E-state index contributed by atoms with van der Waals surface area (Å²) >= 11 is 0. The monoisotopic (exact) mass is 236 g/mol. The van der Waals surface area contributed by atoms with Crippen LogP contribution >= 0.6 is 0 Å². The summed E-state index contributed by atoms with van der Waals surface area (Å²) in [5.74, 6) is 0.354. The molecule has 2 unspecified atom stereocenters.